The SMILES string of the molecule is O=C(NC1CCN(C(=O)Nc2cccc(-c3nccs3)c2)CC1)C1CC1. The van der Waals surface area contributed by atoms with Gasteiger partial charge in [-0.3, -0.25) is 4.79 Å². The second-order valence-electron chi connectivity index (χ2n) is 6.89. The Hall–Kier alpha value is -2.41. The van der Waals surface area contributed by atoms with Gasteiger partial charge in [-0.25, -0.2) is 9.78 Å². The van der Waals surface area contributed by atoms with E-state index in [0.29, 0.717) is 13.1 Å². The van der Waals surface area contributed by atoms with E-state index in [4.69, 9.17) is 0 Å². The molecular formula is C19H22N4O2S. The summed E-state index contributed by atoms with van der Waals surface area (Å²) in [6.07, 6.45) is 5.44. The molecule has 7 heteroatoms. The molecule has 136 valence electrons. The monoisotopic (exact) mass is 370 g/mol. The summed E-state index contributed by atoms with van der Waals surface area (Å²) in [6.45, 7) is 1.32. The maximum Gasteiger partial charge on any atom is 0.321 e. The Morgan fingerprint density at radius 3 is 2.65 bits per heavy atom. The topological polar surface area (TPSA) is 74.3 Å². The fourth-order valence-corrected chi connectivity index (χ4v) is 3.83. The predicted octanol–water partition coefficient (Wildman–Crippen LogP) is 3.33. The maximum absolute atomic E-state index is 12.5. The van der Waals surface area contributed by atoms with E-state index < -0.39 is 0 Å². The highest BCUT2D eigenvalue weighted by molar-refractivity contribution is 7.13. The number of nitrogens with zero attached hydrogens (tertiary/aromatic N) is 2. The smallest absolute Gasteiger partial charge is 0.321 e. The van der Waals surface area contributed by atoms with Crippen molar-refractivity contribution in [2.24, 2.45) is 5.92 Å². The van der Waals surface area contributed by atoms with Crippen molar-refractivity contribution in [1.82, 2.24) is 15.2 Å². The van der Waals surface area contributed by atoms with Crippen LogP contribution < -0.4 is 10.6 Å². The largest absolute Gasteiger partial charge is 0.353 e. The van der Waals surface area contributed by atoms with Gasteiger partial charge >= 0.3 is 6.03 Å². The molecule has 0 radical (unpaired) electrons. The zero-order chi connectivity index (χ0) is 17.9. The molecule has 1 saturated carbocycles. The van der Waals surface area contributed by atoms with Crippen molar-refractivity contribution in [2.45, 2.75) is 31.7 Å². The molecule has 2 aliphatic rings. The molecule has 26 heavy (non-hydrogen) atoms. The van der Waals surface area contributed by atoms with Crippen molar-refractivity contribution in [1.29, 1.82) is 0 Å². The van der Waals surface area contributed by atoms with E-state index in [9.17, 15) is 9.59 Å². The summed E-state index contributed by atoms with van der Waals surface area (Å²) in [5.74, 6) is 0.424. The third kappa shape index (κ3) is 4.04. The first-order valence-corrected chi connectivity index (χ1v) is 9.93. The molecule has 2 N–H and O–H groups in total. The van der Waals surface area contributed by atoms with Crippen LogP contribution in [0.5, 0.6) is 0 Å². The number of aromatic nitrogens is 1. The normalized spacial score (nSPS) is 17.8. The molecule has 1 aliphatic heterocycles. The summed E-state index contributed by atoms with van der Waals surface area (Å²) < 4.78 is 0. The van der Waals surface area contributed by atoms with E-state index >= 15 is 0 Å². The van der Waals surface area contributed by atoms with Gasteiger partial charge < -0.3 is 15.5 Å². The van der Waals surface area contributed by atoms with Crippen LogP contribution in [0.25, 0.3) is 10.6 Å². The van der Waals surface area contributed by atoms with Gasteiger partial charge in [-0.1, -0.05) is 12.1 Å². The second-order valence-corrected chi connectivity index (χ2v) is 7.79. The lowest BCUT2D eigenvalue weighted by atomic mass is 10.1. The summed E-state index contributed by atoms with van der Waals surface area (Å²) in [7, 11) is 0. The van der Waals surface area contributed by atoms with Gasteiger partial charge in [0.05, 0.1) is 0 Å². The fourth-order valence-electron chi connectivity index (χ4n) is 3.19. The molecule has 1 aliphatic carbocycles. The minimum atomic E-state index is -0.0896. The Morgan fingerprint density at radius 1 is 1.15 bits per heavy atom. The van der Waals surface area contributed by atoms with Crippen molar-refractivity contribution in [3.8, 4) is 10.6 Å². The lowest BCUT2D eigenvalue weighted by molar-refractivity contribution is -0.123. The summed E-state index contributed by atoms with van der Waals surface area (Å²) in [4.78, 5) is 30.5. The van der Waals surface area contributed by atoms with Crippen LogP contribution in [0.2, 0.25) is 0 Å². The fraction of sp³-hybridized carbons (Fsp3) is 0.421. The number of amides is 3. The number of thiazole rings is 1. The third-order valence-electron chi connectivity index (χ3n) is 4.87. The highest BCUT2D eigenvalue weighted by Gasteiger charge is 2.32. The number of hydrogen-bond acceptors (Lipinski definition) is 4. The van der Waals surface area contributed by atoms with Crippen molar-refractivity contribution in [3.63, 3.8) is 0 Å². The van der Waals surface area contributed by atoms with Crippen molar-refractivity contribution in [3.05, 3.63) is 35.8 Å². The van der Waals surface area contributed by atoms with Gasteiger partial charge in [-0.2, -0.15) is 0 Å². The van der Waals surface area contributed by atoms with Crippen LogP contribution in [0, 0.1) is 5.92 Å². The van der Waals surface area contributed by atoms with Crippen molar-refractivity contribution < 1.29 is 9.59 Å². The number of urea groups is 1. The van der Waals surface area contributed by atoms with Gasteiger partial charge in [0.15, 0.2) is 0 Å². The minimum absolute atomic E-state index is 0.0896. The number of carbonyl (C=O) groups excluding carboxylic acids is 2. The lowest BCUT2D eigenvalue weighted by Gasteiger charge is -2.32. The Morgan fingerprint density at radius 2 is 1.96 bits per heavy atom. The minimum Gasteiger partial charge on any atom is -0.353 e. The van der Waals surface area contributed by atoms with Crippen LogP contribution in [0.4, 0.5) is 10.5 Å². The van der Waals surface area contributed by atoms with Crippen LogP contribution in [-0.4, -0.2) is 41.0 Å². The zero-order valence-corrected chi connectivity index (χ0v) is 15.3. The summed E-state index contributed by atoms with van der Waals surface area (Å²) in [6, 6.07) is 7.85. The first-order chi connectivity index (χ1) is 12.7. The van der Waals surface area contributed by atoms with Crippen molar-refractivity contribution >= 4 is 29.0 Å². The van der Waals surface area contributed by atoms with E-state index in [2.05, 4.69) is 15.6 Å². The maximum atomic E-state index is 12.5. The number of hydrogen-bond donors (Lipinski definition) is 2. The average molecular weight is 370 g/mol. The van der Waals surface area contributed by atoms with Gasteiger partial charge in [0.1, 0.15) is 5.01 Å². The number of benzene rings is 1. The van der Waals surface area contributed by atoms with Gasteiger partial charge in [-0.05, 0) is 37.8 Å². The van der Waals surface area contributed by atoms with E-state index in [1.165, 1.54) is 0 Å². The number of likely N-dealkylation sites (tertiary alicyclic amines) is 1. The quantitative estimate of drug-likeness (QED) is 0.867. The third-order valence-corrected chi connectivity index (χ3v) is 5.69. The zero-order valence-electron chi connectivity index (χ0n) is 14.5. The predicted molar refractivity (Wildman–Crippen MR) is 102 cm³/mol. The molecule has 0 bridgehead atoms. The van der Waals surface area contributed by atoms with Crippen LogP contribution in [0.15, 0.2) is 35.8 Å². The average Bonchev–Trinajstić information content (AvgIpc) is 3.37. The van der Waals surface area contributed by atoms with Gasteiger partial charge in [-0.15, -0.1) is 11.3 Å². The number of nitrogens with one attached hydrogen (secondary N) is 2. The molecule has 4 rings (SSSR count). The Kier molecular flexibility index (Phi) is 4.88. The van der Waals surface area contributed by atoms with E-state index in [-0.39, 0.29) is 23.9 Å². The Labute approximate surface area is 156 Å². The first-order valence-electron chi connectivity index (χ1n) is 9.05. The summed E-state index contributed by atoms with van der Waals surface area (Å²) >= 11 is 1.57. The van der Waals surface area contributed by atoms with Gasteiger partial charge in [0.2, 0.25) is 5.91 Å². The molecule has 1 aromatic carbocycles. The standard InChI is InChI=1S/C19H22N4O2S/c24-17(13-4-5-13)21-15-6-9-23(10-7-15)19(25)22-16-3-1-2-14(12-16)18-20-8-11-26-18/h1-3,8,11-13,15H,4-7,9-10H2,(H,21,24)(H,22,25). The Bertz CT molecular complexity index is 781. The first kappa shape index (κ1) is 17.0. The van der Waals surface area contributed by atoms with E-state index in [1.807, 2.05) is 34.5 Å². The molecule has 0 spiro atoms. The summed E-state index contributed by atoms with van der Waals surface area (Å²) in [5.41, 5.74) is 1.77. The summed E-state index contributed by atoms with van der Waals surface area (Å²) in [5, 5.41) is 8.96. The highest BCUT2D eigenvalue weighted by atomic mass is 32.1. The van der Waals surface area contributed by atoms with E-state index in [0.717, 1.165) is 41.9 Å². The van der Waals surface area contributed by atoms with Crippen LogP contribution in [-0.2, 0) is 4.79 Å². The Balaban J connectivity index is 1.30. The second kappa shape index (κ2) is 7.45. The number of piperidine rings is 1. The number of anilines is 1. The molecule has 2 aromatic rings. The molecule has 1 saturated heterocycles. The highest BCUT2D eigenvalue weighted by Crippen LogP contribution is 2.29. The van der Waals surface area contributed by atoms with Crippen LogP contribution in [0.1, 0.15) is 25.7 Å². The molecule has 1 aromatic heterocycles. The van der Waals surface area contributed by atoms with E-state index in [1.54, 1.807) is 17.5 Å². The lowest BCUT2D eigenvalue weighted by Crippen LogP contribution is -2.48. The molecule has 3 amide bonds. The van der Waals surface area contributed by atoms with Crippen molar-refractivity contribution in [2.75, 3.05) is 18.4 Å². The molecule has 0 unspecified atom stereocenters. The molecule has 0 atom stereocenters. The molecule has 2 fully saturated rings. The van der Waals surface area contributed by atoms with Gasteiger partial charge in [0, 0.05) is 47.9 Å². The molecule has 6 nitrogen and oxygen atoms in total. The molecule has 2 heterocycles. The van der Waals surface area contributed by atoms with Crippen LogP contribution in [0.3, 0.4) is 0 Å². The van der Waals surface area contributed by atoms with Gasteiger partial charge in [0.25, 0.3) is 0 Å². The molecular weight excluding hydrogens is 348 g/mol. The van der Waals surface area contributed by atoms with Crippen LogP contribution >= 0.6 is 11.3 Å². The number of rotatable bonds is 4. The number of carbonyl (C=O) groups is 2.